The molecule has 4 atom stereocenters. The first-order valence-corrected chi connectivity index (χ1v) is 13.2. The van der Waals surface area contributed by atoms with Gasteiger partial charge in [0.25, 0.3) is 0 Å². The van der Waals surface area contributed by atoms with E-state index in [1.807, 2.05) is 25.1 Å². The Kier molecular flexibility index (Phi) is 9.30. The van der Waals surface area contributed by atoms with E-state index < -0.39 is 60.7 Å². The van der Waals surface area contributed by atoms with Crippen molar-refractivity contribution in [2.24, 2.45) is 5.92 Å². The predicted molar refractivity (Wildman–Crippen MR) is 139 cm³/mol. The predicted octanol–water partition coefficient (Wildman–Crippen LogP) is -0.115. The van der Waals surface area contributed by atoms with Gasteiger partial charge in [0.2, 0.25) is 29.5 Å². The highest BCUT2D eigenvalue weighted by molar-refractivity contribution is 6.08. The van der Waals surface area contributed by atoms with Crippen LogP contribution >= 0.6 is 0 Å². The summed E-state index contributed by atoms with van der Waals surface area (Å²) in [5.74, 6) is -2.28. The van der Waals surface area contributed by atoms with E-state index in [4.69, 9.17) is 9.26 Å². The lowest BCUT2D eigenvalue weighted by Gasteiger charge is -2.29. The van der Waals surface area contributed by atoms with Gasteiger partial charge in [0.05, 0.1) is 18.8 Å². The summed E-state index contributed by atoms with van der Waals surface area (Å²) in [5.41, 5.74) is 1.70. The van der Waals surface area contributed by atoms with Crippen LogP contribution < -0.4 is 26.5 Å². The van der Waals surface area contributed by atoms with Crippen molar-refractivity contribution in [2.75, 3.05) is 24.8 Å². The third-order valence-electron chi connectivity index (χ3n) is 7.19. The van der Waals surface area contributed by atoms with Crippen LogP contribution in [0.5, 0.6) is 0 Å². The maximum absolute atomic E-state index is 13.9. The van der Waals surface area contributed by atoms with E-state index in [0.717, 1.165) is 11.1 Å². The van der Waals surface area contributed by atoms with Crippen LogP contribution in [0, 0.1) is 5.92 Å². The average molecular weight is 561 g/mol. The molecule has 0 saturated heterocycles. The molecule has 2 aliphatic rings. The summed E-state index contributed by atoms with van der Waals surface area (Å²) >= 11 is 0. The number of nitrogens with zero attached hydrogens (tertiary/aromatic N) is 2. The van der Waals surface area contributed by atoms with Gasteiger partial charge in [-0.3, -0.25) is 24.1 Å². The van der Waals surface area contributed by atoms with Gasteiger partial charge in [-0.25, -0.2) is 9.18 Å². The number of anilines is 1. The van der Waals surface area contributed by atoms with E-state index in [-0.39, 0.29) is 31.4 Å². The van der Waals surface area contributed by atoms with E-state index in [0.29, 0.717) is 24.9 Å². The lowest BCUT2D eigenvalue weighted by Crippen LogP contribution is -2.58. The number of carbonyl (C=O) groups is 4. The van der Waals surface area contributed by atoms with Crippen LogP contribution in [0.1, 0.15) is 43.7 Å². The van der Waals surface area contributed by atoms with Crippen molar-refractivity contribution in [2.45, 2.75) is 64.2 Å². The zero-order valence-corrected chi connectivity index (χ0v) is 22.3. The molecule has 216 valence electrons. The molecule has 0 radical (unpaired) electrons. The number of H-pyrrole nitrogens is 1. The van der Waals surface area contributed by atoms with Crippen molar-refractivity contribution < 1.29 is 32.8 Å². The fraction of sp³-hybridized carbons (Fsp3) is 0.538. The number of benzene rings is 1. The zero-order valence-electron chi connectivity index (χ0n) is 22.3. The number of ether oxygens (including phenoxy) is 1. The molecule has 4 amide bonds. The molecular formula is C26H33FN6O7. The topological polar surface area (TPSA) is 176 Å². The number of aryl methyl sites for hydroxylation is 1. The van der Waals surface area contributed by atoms with E-state index in [1.165, 1.54) is 4.90 Å². The minimum absolute atomic E-state index is 0.00453. The summed E-state index contributed by atoms with van der Waals surface area (Å²) < 4.78 is 22.1. The molecule has 0 unspecified atom stereocenters. The fourth-order valence-corrected chi connectivity index (χ4v) is 4.99. The lowest BCUT2D eigenvalue weighted by atomic mass is 9.97. The molecule has 0 fully saturated rings. The zero-order chi connectivity index (χ0) is 28.8. The van der Waals surface area contributed by atoms with Gasteiger partial charge >= 0.3 is 5.69 Å². The van der Waals surface area contributed by atoms with Gasteiger partial charge < -0.3 is 25.2 Å². The average Bonchev–Trinajstić information content (AvgIpc) is 3.51. The normalized spacial score (nSPS) is 19.4. The summed E-state index contributed by atoms with van der Waals surface area (Å²) in [6, 6.07) is 2.84. The van der Waals surface area contributed by atoms with Crippen LogP contribution in [0.4, 0.5) is 10.1 Å². The van der Waals surface area contributed by atoms with Crippen molar-refractivity contribution in [3.05, 3.63) is 45.7 Å². The molecule has 4 N–H and O–H groups in total. The largest absolute Gasteiger partial charge is 0.377 e. The molecule has 2 aromatic rings. The number of halogens is 1. The smallest absolute Gasteiger partial charge is 0.369 e. The molecule has 4 rings (SSSR count). The highest BCUT2D eigenvalue weighted by Gasteiger charge is 2.44. The lowest BCUT2D eigenvalue weighted by molar-refractivity contribution is -0.134. The summed E-state index contributed by atoms with van der Waals surface area (Å²) in [6.45, 7) is 2.17. The van der Waals surface area contributed by atoms with Gasteiger partial charge in [-0.1, -0.05) is 38.5 Å². The maximum Gasteiger partial charge on any atom is 0.377 e. The van der Waals surface area contributed by atoms with Crippen molar-refractivity contribution in [1.82, 2.24) is 26.1 Å². The van der Waals surface area contributed by atoms with Crippen LogP contribution in [0.2, 0.25) is 0 Å². The number of rotatable bonds is 12. The number of alkyl halides is 1. The summed E-state index contributed by atoms with van der Waals surface area (Å²) in [5, 5.41) is 10.1. The minimum atomic E-state index is -0.947. The first-order chi connectivity index (χ1) is 19.2. The molecule has 13 nitrogen and oxygen atoms in total. The number of carbonyl (C=O) groups excluding carboxylic acids is 4. The van der Waals surface area contributed by atoms with Gasteiger partial charge in [-0.05, 0) is 29.9 Å². The minimum Gasteiger partial charge on any atom is -0.369 e. The second-order valence-electron chi connectivity index (χ2n) is 9.86. The van der Waals surface area contributed by atoms with E-state index >= 15 is 0 Å². The molecule has 40 heavy (non-hydrogen) atoms. The molecule has 14 heteroatoms. The third kappa shape index (κ3) is 6.38. The highest BCUT2D eigenvalue weighted by atomic mass is 19.1. The Balaban J connectivity index is 1.51. The number of nitrogens with one attached hydrogen (secondary N) is 4. The van der Waals surface area contributed by atoms with Crippen LogP contribution in [-0.2, 0) is 43.3 Å². The molecule has 1 aromatic heterocycles. The summed E-state index contributed by atoms with van der Waals surface area (Å²) in [6.07, 6.45) is 1.63. The summed E-state index contributed by atoms with van der Waals surface area (Å²) in [7, 11) is 0. The molecule has 2 aliphatic heterocycles. The van der Waals surface area contributed by atoms with Crippen molar-refractivity contribution in [3.8, 4) is 0 Å². The molecule has 0 saturated carbocycles. The van der Waals surface area contributed by atoms with Gasteiger partial charge in [-0.15, -0.1) is 0 Å². The molecule has 0 aliphatic carbocycles. The van der Waals surface area contributed by atoms with Crippen molar-refractivity contribution in [1.29, 1.82) is 0 Å². The number of hydrogen-bond acceptors (Lipinski definition) is 8. The summed E-state index contributed by atoms with van der Waals surface area (Å²) in [4.78, 5) is 69.0. The van der Waals surface area contributed by atoms with E-state index in [9.17, 15) is 28.4 Å². The van der Waals surface area contributed by atoms with Crippen molar-refractivity contribution >= 4 is 29.3 Å². The number of para-hydroxylation sites is 1. The Morgan fingerprint density at radius 3 is 2.75 bits per heavy atom. The Labute approximate surface area is 229 Å². The Morgan fingerprint density at radius 1 is 1.27 bits per heavy atom. The van der Waals surface area contributed by atoms with Crippen LogP contribution in [0.15, 0.2) is 27.5 Å². The molecule has 0 bridgehead atoms. The molecule has 1 aromatic carbocycles. The second-order valence-corrected chi connectivity index (χ2v) is 9.86. The number of aromatic amines is 1. The molecule has 0 spiro atoms. The monoisotopic (exact) mass is 560 g/mol. The van der Waals surface area contributed by atoms with Gasteiger partial charge in [0.15, 0.2) is 0 Å². The van der Waals surface area contributed by atoms with Crippen LogP contribution in [-0.4, -0.2) is 71.8 Å². The Hall–Kier alpha value is -4.07. The third-order valence-corrected chi connectivity index (χ3v) is 7.19. The van der Waals surface area contributed by atoms with E-state index in [1.54, 1.807) is 6.92 Å². The number of aromatic nitrogens is 2. The van der Waals surface area contributed by atoms with Crippen LogP contribution in [0.25, 0.3) is 0 Å². The fourth-order valence-electron chi connectivity index (χ4n) is 4.99. The second kappa shape index (κ2) is 12.9. The SMILES string of the molecule is CC[C@H](C)[C@H](NC(=O)COCCF)C(=O)N[C@H]1CCc2cccc3c2N(C1=O)[C@H](C(=O)NCc1nc(=O)[nH]o1)C3. The van der Waals surface area contributed by atoms with Gasteiger partial charge in [-0.2, -0.15) is 10.1 Å². The number of hydrogen-bond donors (Lipinski definition) is 4. The van der Waals surface area contributed by atoms with E-state index in [2.05, 4.69) is 26.1 Å². The quantitative estimate of drug-likeness (QED) is 0.260. The Morgan fingerprint density at radius 2 is 2.05 bits per heavy atom. The van der Waals surface area contributed by atoms with Crippen molar-refractivity contribution in [3.63, 3.8) is 0 Å². The van der Waals surface area contributed by atoms with Gasteiger partial charge in [0, 0.05) is 6.42 Å². The molecule has 3 heterocycles. The first kappa shape index (κ1) is 28.9. The molecular weight excluding hydrogens is 527 g/mol. The van der Waals surface area contributed by atoms with Crippen LogP contribution in [0.3, 0.4) is 0 Å². The highest BCUT2D eigenvalue weighted by Crippen LogP contribution is 2.39. The Bertz CT molecular complexity index is 1310. The number of amides is 4. The standard InChI is InChI=1S/C26H33FN6O7/c1-3-14(2)21(30-19(34)13-39-10-9-27)24(36)29-17-8-7-15-5-4-6-16-11-18(33(22(15)16)25(17)37)23(35)28-12-20-31-26(38)32-40-20/h4-6,14,17-18,21H,3,7-13H2,1-2H3,(H,28,35)(H,29,36)(H,30,34)(H,32,38)/t14-,17-,18-,21-/m0/s1. The maximum atomic E-state index is 13.9. The first-order valence-electron chi connectivity index (χ1n) is 13.2. The van der Waals surface area contributed by atoms with Gasteiger partial charge in [0.1, 0.15) is 31.4 Å².